The highest BCUT2D eigenvalue weighted by molar-refractivity contribution is 9.10. The van der Waals surface area contributed by atoms with E-state index in [1.54, 1.807) is 12.1 Å². The van der Waals surface area contributed by atoms with Crippen LogP contribution in [-0.4, -0.2) is 12.9 Å². The van der Waals surface area contributed by atoms with E-state index in [2.05, 4.69) is 15.9 Å². The lowest BCUT2D eigenvalue weighted by Crippen LogP contribution is -2.17. The summed E-state index contributed by atoms with van der Waals surface area (Å²) >= 11 is 3.41. The fourth-order valence-electron chi connectivity index (χ4n) is 1.91. The first-order valence-corrected chi connectivity index (χ1v) is 6.86. The van der Waals surface area contributed by atoms with E-state index >= 15 is 0 Å². The maximum Gasteiger partial charge on any atom is 0.123 e. The van der Waals surface area contributed by atoms with Gasteiger partial charge in [0.1, 0.15) is 11.7 Å². The van der Waals surface area contributed by atoms with Gasteiger partial charge in [-0.25, -0.2) is 4.39 Å². The van der Waals surface area contributed by atoms with Crippen molar-refractivity contribution in [3.8, 4) is 0 Å². The van der Waals surface area contributed by atoms with Gasteiger partial charge in [0, 0.05) is 29.3 Å². The van der Waals surface area contributed by atoms with Crippen molar-refractivity contribution in [1.82, 2.24) is 0 Å². The van der Waals surface area contributed by atoms with Gasteiger partial charge in [0.05, 0.1) is 0 Å². The highest BCUT2D eigenvalue weighted by atomic mass is 79.9. The molecule has 0 aliphatic carbocycles. The standard InChI is InChI=1S/C15H15BrFN3/c1-20(9-10-2-4-11(17)5-3-10)12-6-7-13(15(18)19)14(16)8-12/h2-8H,9H2,1H3,(H3,18,19). The van der Waals surface area contributed by atoms with E-state index in [4.69, 9.17) is 11.1 Å². The Bertz CT molecular complexity index is 626. The number of nitrogens with two attached hydrogens (primary N) is 1. The lowest BCUT2D eigenvalue weighted by molar-refractivity contribution is 0.627. The summed E-state index contributed by atoms with van der Waals surface area (Å²) in [6, 6.07) is 12.1. The summed E-state index contributed by atoms with van der Waals surface area (Å²) in [5.41, 5.74) is 8.17. The summed E-state index contributed by atoms with van der Waals surface area (Å²) in [6.45, 7) is 0.673. The number of benzene rings is 2. The molecule has 2 aromatic rings. The SMILES string of the molecule is CN(Cc1ccc(F)cc1)c1ccc(C(=N)N)c(Br)c1. The maximum absolute atomic E-state index is 12.9. The normalized spacial score (nSPS) is 10.3. The van der Waals surface area contributed by atoms with Gasteiger partial charge in [-0.3, -0.25) is 5.41 Å². The second-order valence-electron chi connectivity index (χ2n) is 4.56. The molecule has 2 aromatic carbocycles. The van der Waals surface area contributed by atoms with Gasteiger partial charge in [0.15, 0.2) is 0 Å². The predicted molar refractivity (Wildman–Crippen MR) is 83.7 cm³/mol. The first kappa shape index (κ1) is 14.5. The van der Waals surface area contributed by atoms with Gasteiger partial charge in [0.2, 0.25) is 0 Å². The van der Waals surface area contributed by atoms with Crippen molar-refractivity contribution in [3.63, 3.8) is 0 Å². The minimum absolute atomic E-state index is 0.0320. The van der Waals surface area contributed by atoms with E-state index in [1.807, 2.05) is 30.1 Å². The third-order valence-electron chi connectivity index (χ3n) is 3.02. The molecule has 0 spiro atoms. The predicted octanol–water partition coefficient (Wildman–Crippen LogP) is 3.51. The van der Waals surface area contributed by atoms with Crippen molar-refractivity contribution >= 4 is 27.5 Å². The Hall–Kier alpha value is -1.88. The molecule has 0 unspecified atom stereocenters. The first-order chi connectivity index (χ1) is 9.47. The maximum atomic E-state index is 12.9. The summed E-state index contributed by atoms with van der Waals surface area (Å²) in [7, 11) is 1.96. The smallest absolute Gasteiger partial charge is 0.123 e. The monoisotopic (exact) mass is 335 g/mol. The van der Waals surface area contributed by atoms with Crippen molar-refractivity contribution in [2.45, 2.75) is 6.54 Å². The number of hydrogen-bond acceptors (Lipinski definition) is 2. The van der Waals surface area contributed by atoms with Gasteiger partial charge in [-0.1, -0.05) is 12.1 Å². The molecular formula is C15H15BrFN3. The highest BCUT2D eigenvalue weighted by Gasteiger charge is 2.07. The molecule has 0 atom stereocenters. The van der Waals surface area contributed by atoms with Crippen LogP contribution in [0.1, 0.15) is 11.1 Å². The van der Waals surface area contributed by atoms with Crippen LogP contribution in [0.4, 0.5) is 10.1 Å². The summed E-state index contributed by atoms with van der Waals surface area (Å²) in [4.78, 5) is 2.04. The number of hydrogen-bond donors (Lipinski definition) is 2. The van der Waals surface area contributed by atoms with Crippen molar-refractivity contribution in [2.24, 2.45) is 5.73 Å². The van der Waals surface area contributed by atoms with Crippen LogP contribution in [0.5, 0.6) is 0 Å². The molecule has 0 saturated carbocycles. The Morgan fingerprint density at radius 2 is 1.90 bits per heavy atom. The molecular weight excluding hydrogens is 321 g/mol. The quantitative estimate of drug-likeness (QED) is 0.663. The Kier molecular flexibility index (Phi) is 4.39. The topological polar surface area (TPSA) is 53.1 Å². The lowest BCUT2D eigenvalue weighted by Gasteiger charge is -2.20. The number of anilines is 1. The van der Waals surface area contributed by atoms with Gasteiger partial charge >= 0.3 is 0 Å². The Morgan fingerprint density at radius 1 is 1.25 bits per heavy atom. The minimum Gasteiger partial charge on any atom is -0.384 e. The minimum atomic E-state index is -0.232. The Balaban J connectivity index is 2.17. The van der Waals surface area contributed by atoms with E-state index in [1.165, 1.54) is 12.1 Å². The van der Waals surface area contributed by atoms with Crippen LogP contribution in [0.2, 0.25) is 0 Å². The van der Waals surface area contributed by atoms with Crippen LogP contribution in [-0.2, 0) is 6.54 Å². The zero-order valence-electron chi connectivity index (χ0n) is 11.0. The average Bonchev–Trinajstić information content (AvgIpc) is 2.40. The number of nitrogens with one attached hydrogen (secondary N) is 1. The van der Waals surface area contributed by atoms with Crippen LogP contribution < -0.4 is 10.6 Å². The fraction of sp³-hybridized carbons (Fsp3) is 0.133. The molecule has 3 nitrogen and oxygen atoms in total. The zero-order chi connectivity index (χ0) is 14.7. The van der Waals surface area contributed by atoms with E-state index in [0.717, 1.165) is 15.7 Å². The molecule has 5 heteroatoms. The van der Waals surface area contributed by atoms with Gasteiger partial charge < -0.3 is 10.6 Å². The molecule has 0 aromatic heterocycles. The van der Waals surface area contributed by atoms with Crippen molar-refractivity contribution in [1.29, 1.82) is 5.41 Å². The third kappa shape index (κ3) is 3.36. The van der Waals surface area contributed by atoms with Crippen molar-refractivity contribution < 1.29 is 4.39 Å². The summed E-state index contributed by atoms with van der Waals surface area (Å²) in [5, 5.41) is 7.45. The van der Waals surface area contributed by atoms with Crippen molar-refractivity contribution in [2.75, 3.05) is 11.9 Å². The van der Waals surface area contributed by atoms with Crippen LogP contribution >= 0.6 is 15.9 Å². The Morgan fingerprint density at radius 3 is 2.45 bits per heavy atom. The highest BCUT2D eigenvalue weighted by Crippen LogP contribution is 2.24. The molecule has 0 amide bonds. The molecule has 0 heterocycles. The molecule has 0 aliphatic heterocycles. The number of amidine groups is 1. The molecule has 0 fully saturated rings. The molecule has 104 valence electrons. The number of nitrogens with zero attached hydrogens (tertiary/aromatic N) is 1. The number of halogens is 2. The summed E-state index contributed by atoms with van der Waals surface area (Å²) in [6.07, 6.45) is 0. The molecule has 0 radical (unpaired) electrons. The molecule has 20 heavy (non-hydrogen) atoms. The third-order valence-corrected chi connectivity index (χ3v) is 3.67. The average molecular weight is 336 g/mol. The zero-order valence-corrected chi connectivity index (χ0v) is 12.6. The second-order valence-corrected chi connectivity index (χ2v) is 5.41. The van der Waals surface area contributed by atoms with E-state index in [-0.39, 0.29) is 11.7 Å². The van der Waals surface area contributed by atoms with Crippen LogP contribution in [0.3, 0.4) is 0 Å². The lowest BCUT2D eigenvalue weighted by atomic mass is 10.1. The van der Waals surface area contributed by atoms with Gasteiger partial charge in [-0.2, -0.15) is 0 Å². The second kappa shape index (κ2) is 6.05. The molecule has 0 saturated heterocycles. The van der Waals surface area contributed by atoms with Crippen LogP contribution in [0, 0.1) is 11.2 Å². The van der Waals surface area contributed by atoms with Gasteiger partial charge in [0.25, 0.3) is 0 Å². The van der Waals surface area contributed by atoms with E-state index in [0.29, 0.717) is 12.1 Å². The molecule has 0 bridgehead atoms. The number of rotatable bonds is 4. The fourth-order valence-corrected chi connectivity index (χ4v) is 2.50. The molecule has 3 N–H and O–H groups in total. The van der Waals surface area contributed by atoms with E-state index in [9.17, 15) is 4.39 Å². The van der Waals surface area contributed by atoms with Crippen molar-refractivity contribution in [3.05, 3.63) is 63.9 Å². The van der Waals surface area contributed by atoms with Gasteiger partial charge in [-0.05, 0) is 51.8 Å². The first-order valence-electron chi connectivity index (χ1n) is 6.07. The van der Waals surface area contributed by atoms with E-state index < -0.39 is 0 Å². The van der Waals surface area contributed by atoms with Crippen LogP contribution in [0.25, 0.3) is 0 Å². The summed E-state index contributed by atoms with van der Waals surface area (Å²) in [5.74, 6) is -0.199. The summed E-state index contributed by atoms with van der Waals surface area (Å²) < 4.78 is 13.7. The Labute approximate surface area is 125 Å². The number of nitrogen functional groups attached to an aromatic ring is 1. The van der Waals surface area contributed by atoms with Crippen LogP contribution in [0.15, 0.2) is 46.9 Å². The molecule has 2 rings (SSSR count). The molecule has 0 aliphatic rings. The largest absolute Gasteiger partial charge is 0.384 e. The van der Waals surface area contributed by atoms with Gasteiger partial charge in [-0.15, -0.1) is 0 Å².